The molecule has 7 nitrogen and oxygen atoms in total. The molecule has 7 heteroatoms. The van der Waals surface area contributed by atoms with Gasteiger partial charge in [-0.2, -0.15) is 0 Å². The van der Waals surface area contributed by atoms with Crippen LogP contribution in [0.4, 0.5) is 11.8 Å². The Morgan fingerprint density at radius 1 is 1.17 bits per heavy atom. The van der Waals surface area contributed by atoms with Crippen LogP contribution in [-0.2, 0) is 0 Å². The van der Waals surface area contributed by atoms with Crippen molar-refractivity contribution in [1.29, 1.82) is 0 Å². The van der Waals surface area contributed by atoms with Crippen molar-refractivity contribution in [2.75, 3.05) is 10.6 Å². The van der Waals surface area contributed by atoms with Gasteiger partial charge in [0.15, 0.2) is 5.82 Å². The van der Waals surface area contributed by atoms with Crippen LogP contribution in [0.2, 0.25) is 0 Å². The molecule has 0 spiro atoms. The van der Waals surface area contributed by atoms with Crippen molar-refractivity contribution >= 4 is 17.7 Å². The number of nitrogens with zero attached hydrogens (tertiary/aromatic N) is 3. The fourth-order valence-corrected chi connectivity index (χ4v) is 2.74. The maximum absolute atomic E-state index is 12.1. The molecule has 1 aliphatic rings. The Kier molecular flexibility index (Phi) is 4.85. The van der Waals surface area contributed by atoms with E-state index in [2.05, 4.69) is 25.8 Å². The molecule has 1 aliphatic carbocycles. The number of hydrogen-bond acceptors (Lipinski definition) is 6. The maximum Gasteiger partial charge on any atom is 0.260 e. The molecule has 2 N–H and O–H groups in total. The van der Waals surface area contributed by atoms with Crippen LogP contribution < -0.4 is 10.6 Å². The molecular formula is C16H21N5O2. The molecule has 23 heavy (non-hydrogen) atoms. The number of hydrogen-bond donors (Lipinski definition) is 2. The minimum absolute atomic E-state index is 0.306. The molecule has 0 unspecified atom stereocenters. The number of aromatic nitrogens is 3. The first-order valence-electron chi connectivity index (χ1n) is 8.04. The maximum atomic E-state index is 12.1. The van der Waals surface area contributed by atoms with Gasteiger partial charge in [0.2, 0.25) is 5.95 Å². The molecule has 0 bridgehead atoms. The van der Waals surface area contributed by atoms with Crippen LogP contribution in [0.1, 0.15) is 54.6 Å². The van der Waals surface area contributed by atoms with Crippen molar-refractivity contribution in [2.24, 2.45) is 0 Å². The van der Waals surface area contributed by atoms with Crippen molar-refractivity contribution in [3.8, 4) is 0 Å². The Labute approximate surface area is 134 Å². The highest BCUT2D eigenvalue weighted by molar-refractivity contribution is 6.03. The Balaban J connectivity index is 1.58. The summed E-state index contributed by atoms with van der Waals surface area (Å²) in [5, 5.41) is 9.73. The van der Waals surface area contributed by atoms with Crippen molar-refractivity contribution in [3.63, 3.8) is 0 Å². The van der Waals surface area contributed by atoms with E-state index >= 15 is 0 Å². The van der Waals surface area contributed by atoms with Gasteiger partial charge in [-0.15, -0.1) is 0 Å². The highest BCUT2D eigenvalue weighted by Gasteiger charge is 2.14. The third-order valence-corrected chi connectivity index (χ3v) is 3.97. The van der Waals surface area contributed by atoms with Gasteiger partial charge in [0.05, 0.1) is 5.56 Å². The number of nitrogens with one attached hydrogen (secondary N) is 2. The molecule has 0 radical (unpaired) electrons. The normalized spacial score (nSPS) is 15.9. The van der Waals surface area contributed by atoms with E-state index in [9.17, 15) is 4.79 Å². The summed E-state index contributed by atoms with van der Waals surface area (Å²) in [6, 6.07) is 2.08. The van der Waals surface area contributed by atoms with Crippen LogP contribution in [0.3, 0.4) is 0 Å². The zero-order chi connectivity index (χ0) is 16.1. The summed E-state index contributed by atoms with van der Waals surface area (Å²) in [7, 11) is 0. The number of amides is 1. The summed E-state index contributed by atoms with van der Waals surface area (Å²) in [6.07, 6.45) is 10.4. The molecule has 0 atom stereocenters. The van der Waals surface area contributed by atoms with Crippen molar-refractivity contribution in [2.45, 2.75) is 51.5 Å². The molecular weight excluding hydrogens is 294 g/mol. The third-order valence-electron chi connectivity index (χ3n) is 3.97. The lowest BCUT2D eigenvalue weighted by Gasteiger charge is -2.15. The second-order valence-corrected chi connectivity index (χ2v) is 5.91. The van der Waals surface area contributed by atoms with Gasteiger partial charge in [0.25, 0.3) is 5.91 Å². The molecule has 0 saturated heterocycles. The Morgan fingerprint density at radius 3 is 2.48 bits per heavy atom. The molecule has 2 heterocycles. The average Bonchev–Trinajstić information content (AvgIpc) is 2.80. The van der Waals surface area contributed by atoms with E-state index in [1.54, 1.807) is 13.0 Å². The number of carbonyl (C=O) groups is 1. The second kappa shape index (κ2) is 7.21. The highest BCUT2D eigenvalue weighted by Crippen LogP contribution is 2.19. The van der Waals surface area contributed by atoms with Crippen LogP contribution in [0.15, 0.2) is 23.0 Å². The highest BCUT2D eigenvalue weighted by atomic mass is 16.5. The number of aryl methyl sites for hydroxylation is 1. The molecule has 122 valence electrons. The van der Waals surface area contributed by atoms with Crippen molar-refractivity contribution in [1.82, 2.24) is 15.1 Å². The van der Waals surface area contributed by atoms with E-state index in [-0.39, 0.29) is 5.91 Å². The monoisotopic (exact) mass is 315 g/mol. The Morgan fingerprint density at radius 2 is 1.87 bits per heavy atom. The summed E-state index contributed by atoms with van der Waals surface area (Å²) in [6.45, 7) is 1.76. The first-order valence-corrected chi connectivity index (χ1v) is 8.04. The number of rotatable bonds is 4. The topological polar surface area (TPSA) is 92.9 Å². The van der Waals surface area contributed by atoms with Crippen LogP contribution >= 0.6 is 0 Å². The Bertz CT molecular complexity index is 645. The minimum Gasteiger partial charge on any atom is -0.360 e. The van der Waals surface area contributed by atoms with E-state index < -0.39 is 0 Å². The lowest BCUT2D eigenvalue weighted by molar-refractivity contribution is 0.102. The molecule has 2 aromatic heterocycles. The van der Waals surface area contributed by atoms with E-state index in [4.69, 9.17) is 4.52 Å². The number of anilines is 2. The lowest BCUT2D eigenvalue weighted by atomic mass is 10.1. The second-order valence-electron chi connectivity index (χ2n) is 5.91. The average molecular weight is 315 g/mol. The minimum atomic E-state index is -0.306. The van der Waals surface area contributed by atoms with Crippen LogP contribution in [-0.4, -0.2) is 27.1 Å². The fourth-order valence-electron chi connectivity index (χ4n) is 2.74. The molecule has 2 aromatic rings. The zero-order valence-electron chi connectivity index (χ0n) is 13.2. The third kappa shape index (κ3) is 4.28. The van der Waals surface area contributed by atoms with Crippen molar-refractivity contribution < 1.29 is 9.32 Å². The predicted molar refractivity (Wildman–Crippen MR) is 86.3 cm³/mol. The summed E-state index contributed by atoms with van der Waals surface area (Å²) in [5.74, 6) is 1.29. The SMILES string of the molecule is Cc1cc(NC(=O)c2cnc(NC3CCCCCC3)nc2)no1. The molecule has 0 aliphatic heterocycles. The lowest BCUT2D eigenvalue weighted by Crippen LogP contribution is -2.20. The van der Waals surface area contributed by atoms with Crippen LogP contribution in [0.5, 0.6) is 0 Å². The van der Waals surface area contributed by atoms with Gasteiger partial charge in [-0.25, -0.2) is 9.97 Å². The fraction of sp³-hybridized carbons (Fsp3) is 0.500. The van der Waals surface area contributed by atoms with Crippen LogP contribution in [0, 0.1) is 6.92 Å². The van der Waals surface area contributed by atoms with E-state index in [1.807, 2.05) is 0 Å². The van der Waals surface area contributed by atoms with Gasteiger partial charge in [-0.05, 0) is 19.8 Å². The summed E-state index contributed by atoms with van der Waals surface area (Å²) < 4.78 is 4.91. The molecule has 1 saturated carbocycles. The van der Waals surface area contributed by atoms with Gasteiger partial charge in [-0.3, -0.25) is 4.79 Å². The predicted octanol–water partition coefficient (Wildman–Crippen LogP) is 3.16. The largest absolute Gasteiger partial charge is 0.360 e. The standard InChI is InChI=1S/C16H21N5O2/c1-11-8-14(21-23-11)20-15(22)12-9-17-16(18-10-12)19-13-6-4-2-3-5-7-13/h8-10,13H,2-7H2,1H3,(H,17,18,19)(H,20,21,22). The Hall–Kier alpha value is -2.44. The van der Waals surface area contributed by atoms with Crippen molar-refractivity contribution in [3.05, 3.63) is 29.8 Å². The van der Waals surface area contributed by atoms with E-state index in [0.717, 1.165) is 12.8 Å². The van der Waals surface area contributed by atoms with Crippen LogP contribution in [0.25, 0.3) is 0 Å². The van der Waals surface area contributed by atoms with Gasteiger partial charge < -0.3 is 15.2 Å². The summed E-state index contributed by atoms with van der Waals surface area (Å²) in [4.78, 5) is 20.6. The zero-order valence-corrected chi connectivity index (χ0v) is 13.2. The first-order chi connectivity index (χ1) is 11.2. The van der Waals surface area contributed by atoms with E-state index in [0.29, 0.717) is 29.1 Å². The molecule has 3 rings (SSSR count). The van der Waals surface area contributed by atoms with E-state index in [1.165, 1.54) is 38.1 Å². The van der Waals surface area contributed by atoms with Gasteiger partial charge >= 0.3 is 0 Å². The quantitative estimate of drug-likeness (QED) is 0.842. The van der Waals surface area contributed by atoms with Gasteiger partial charge in [0, 0.05) is 24.5 Å². The summed E-state index contributed by atoms with van der Waals surface area (Å²) in [5.41, 5.74) is 0.386. The smallest absolute Gasteiger partial charge is 0.260 e. The molecule has 1 fully saturated rings. The van der Waals surface area contributed by atoms with Gasteiger partial charge in [0.1, 0.15) is 5.76 Å². The summed E-state index contributed by atoms with van der Waals surface area (Å²) >= 11 is 0. The first kappa shape index (κ1) is 15.5. The molecule has 1 amide bonds. The molecule has 0 aromatic carbocycles. The van der Waals surface area contributed by atoms with Gasteiger partial charge in [-0.1, -0.05) is 30.8 Å². The number of carbonyl (C=O) groups excluding carboxylic acids is 1.